The molecule has 0 aliphatic carbocycles. The second-order valence-electron chi connectivity index (χ2n) is 4.11. The van der Waals surface area contributed by atoms with Crippen LogP contribution < -0.4 is 9.47 Å². The lowest BCUT2D eigenvalue weighted by molar-refractivity contribution is 0.0949. The van der Waals surface area contributed by atoms with E-state index in [-0.39, 0.29) is 6.10 Å². The average Bonchev–Trinajstić information content (AvgIpc) is 2.86. The van der Waals surface area contributed by atoms with Crippen LogP contribution in [0.1, 0.15) is 18.1 Å². The van der Waals surface area contributed by atoms with E-state index in [1.807, 2.05) is 18.2 Å². The van der Waals surface area contributed by atoms with Crippen molar-refractivity contribution in [2.75, 3.05) is 26.7 Å². The Kier molecular flexibility index (Phi) is 4.13. The van der Waals surface area contributed by atoms with E-state index in [0.717, 1.165) is 30.1 Å². The van der Waals surface area contributed by atoms with Gasteiger partial charge in [-0.3, -0.25) is 0 Å². The predicted molar refractivity (Wildman–Crippen MR) is 67.1 cm³/mol. The zero-order chi connectivity index (χ0) is 12.3. The standard InChI is InChI=1S/C13H17ClO3/c1-15-11-4-3-9(7-12(11)16-2)13-10(8-14)5-6-17-13/h3-4,7,10,13H,5-6,8H2,1-2H3. The van der Waals surface area contributed by atoms with Gasteiger partial charge in [-0.2, -0.15) is 0 Å². The van der Waals surface area contributed by atoms with Gasteiger partial charge in [0, 0.05) is 18.4 Å². The van der Waals surface area contributed by atoms with E-state index in [9.17, 15) is 0 Å². The van der Waals surface area contributed by atoms with E-state index in [4.69, 9.17) is 25.8 Å². The van der Waals surface area contributed by atoms with Gasteiger partial charge in [0.15, 0.2) is 11.5 Å². The number of hydrogen-bond donors (Lipinski definition) is 0. The summed E-state index contributed by atoms with van der Waals surface area (Å²) in [5, 5.41) is 0. The van der Waals surface area contributed by atoms with Gasteiger partial charge in [0.05, 0.1) is 20.3 Å². The zero-order valence-corrected chi connectivity index (χ0v) is 10.9. The normalized spacial score (nSPS) is 23.7. The van der Waals surface area contributed by atoms with Crippen LogP contribution in [-0.4, -0.2) is 26.7 Å². The number of halogens is 1. The van der Waals surface area contributed by atoms with E-state index in [1.165, 1.54) is 0 Å². The Bertz CT molecular complexity index is 381. The molecule has 0 aromatic heterocycles. The molecule has 1 aromatic rings. The van der Waals surface area contributed by atoms with E-state index < -0.39 is 0 Å². The SMILES string of the molecule is COc1ccc(C2OCCC2CCl)cc1OC. The van der Waals surface area contributed by atoms with Crippen LogP contribution in [0.15, 0.2) is 18.2 Å². The topological polar surface area (TPSA) is 27.7 Å². The van der Waals surface area contributed by atoms with Crippen LogP contribution >= 0.6 is 11.6 Å². The number of benzene rings is 1. The third-order valence-electron chi connectivity index (χ3n) is 3.15. The van der Waals surface area contributed by atoms with Crippen molar-refractivity contribution in [3.05, 3.63) is 23.8 Å². The maximum Gasteiger partial charge on any atom is 0.161 e. The molecule has 1 saturated heterocycles. The Balaban J connectivity index is 2.26. The summed E-state index contributed by atoms with van der Waals surface area (Å²) < 4.78 is 16.2. The first-order chi connectivity index (χ1) is 8.30. The van der Waals surface area contributed by atoms with Gasteiger partial charge in [-0.25, -0.2) is 0 Å². The lowest BCUT2D eigenvalue weighted by Crippen LogP contribution is -2.09. The number of alkyl halides is 1. The Morgan fingerprint density at radius 1 is 1.29 bits per heavy atom. The maximum absolute atomic E-state index is 5.95. The summed E-state index contributed by atoms with van der Waals surface area (Å²) in [6, 6.07) is 5.88. The van der Waals surface area contributed by atoms with Gasteiger partial charge in [-0.15, -0.1) is 11.6 Å². The van der Waals surface area contributed by atoms with Gasteiger partial charge < -0.3 is 14.2 Å². The van der Waals surface area contributed by atoms with Crippen LogP contribution in [0.3, 0.4) is 0 Å². The highest BCUT2D eigenvalue weighted by molar-refractivity contribution is 6.18. The average molecular weight is 257 g/mol. The Hall–Kier alpha value is -0.930. The second kappa shape index (κ2) is 5.61. The third-order valence-corrected chi connectivity index (χ3v) is 3.54. The summed E-state index contributed by atoms with van der Waals surface area (Å²) in [4.78, 5) is 0. The molecule has 2 unspecified atom stereocenters. The van der Waals surface area contributed by atoms with Crippen LogP contribution in [0.5, 0.6) is 11.5 Å². The van der Waals surface area contributed by atoms with Crippen molar-refractivity contribution in [2.24, 2.45) is 5.92 Å². The highest BCUT2D eigenvalue weighted by atomic mass is 35.5. The number of ether oxygens (including phenoxy) is 3. The highest BCUT2D eigenvalue weighted by Crippen LogP contribution is 2.38. The van der Waals surface area contributed by atoms with Crippen molar-refractivity contribution in [1.82, 2.24) is 0 Å². The summed E-state index contributed by atoms with van der Waals surface area (Å²) in [5.74, 6) is 2.47. The van der Waals surface area contributed by atoms with E-state index in [1.54, 1.807) is 14.2 Å². The van der Waals surface area contributed by atoms with Gasteiger partial charge in [0.2, 0.25) is 0 Å². The molecule has 0 amide bonds. The van der Waals surface area contributed by atoms with Crippen molar-refractivity contribution in [3.63, 3.8) is 0 Å². The van der Waals surface area contributed by atoms with E-state index >= 15 is 0 Å². The first kappa shape index (κ1) is 12.5. The van der Waals surface area contributed by atoms with Crippen LogP contribution in [0, 0.1) is 5.92 Å². The molecule has 0 radical (unpaired) electrons. The zero-order valence-electron chi connectivity index (χ0n) is 10.1. The summed E-state index contributed by atoms with van der Waals surface area (Å²) in [7, 11) is 3.27. The molecule has 0 saturated carbocycles. The number of hydrogen-bond acceptors (Lipinski definition) is 3. The van der Waals surface area contributed by atoms with E-state index in [2.05, 4.69) is 0 Å². The minimum absolute atomic E-state index is 0.0762. The minimum atomic E-state index is 0.0762. The van der Waals surface area contributed by atoms with Crippen molar-refractivity contribution in [3.8, 4) is 11.5 Å². The molecular weight excluding hydrogens is 240 g/mol. The predicted octanol–water partition coefficient (Wildman–Crippen LogP) is 3.02. The molecule has 1 aliphatic rings. The first-order valence-electron chi connectivity index (χ1n) is 5.69. The second-order valence-corrected chi connectivity index (χ2v) is 4.42. The first-order valence-corrected chi connectivity index (χ1v) is 6.23. The summed E-state index contributed by atoms with van der Waals surface area (Å²) >= 11 is 5.95. The molecule has 0 spiro atoms. The number of methoxy groups -OCH3 is 2. The van der Waals surface area contributed by atoms with Crippen molar-refractivity contribution in [1.29, 1.82) is 0 Å². The molecule has 4 heteroatoms. The Morgan fingerprint density at radius 2 is 2.06 bits per heavy atom. The Morgan fingerprint density at radius 3 is 2.71 bits per heavy atom. The lowest BCUT2D eigenvalue weighted by atomic mass is 9.97. The maximum atomic E-state index is 5.95. The fourth-order valence-corrected chi connectivity index (χ4v) is 2.51. The fraction of sp³-hybridized carbons (Fsp3) is 0.538. The quantitative estimate of drug-likeness (QED) is 0.775. The molecule has 1 fully saturated rings. The van der Waals surface area contributed by atoms with Gasteiger partial charge in [0.1, 0.15) is 0 Å². The molecule has 1 aromatic carbocycles. The van der Waals surface area contributed by atoms with Gasteiger partial charge >= 0.3 is 0 Å². The largest absolute Gasteiger partial charge is 0.493 e. The smallest absolute Gasteiger partial charge is 0.161 e. The molecule has 2 rings (SSSR count). The van der Waals surface area contributed by atoms with Crippen molar-refractivity contribution >= 4 is 11.6 Å². The lowest BCUT2D eigenvalue weighted by Gasteiger charge is -2.18. The van der Waals surface area contributed by atoms with Gasteiger partial charge in [-0.05, 0) is 24.1 Å². The summed E-state index contributed by atoms with van der Waals surface area (Å²) in [6.07, 6.45) is 1.09. The monoisotopic (exact) mass is 256 g/mol. The van der Waals surface area contributed by atoms with Gasteiger partial charge in [0.25, 0.3) is 0 Å². The highest BCUT2D eigenvalue weighted by Gasteiger charge is 2.29. The summed E-state index contributed by atoms with van der Waals surface area (Å²) in [6.45, 7) is 0.774. The molecule has 17 heavy (non-hydrogen) atoms. The van der Waals surface area contributed by atoms with Crippen molar-refractivity contribution in [2.45, 2.75) is 12.5 Å². The fourth-order valence-electron chi connectivity index (χ4n) is 2.19. The van der Waals surface area contributed by atoms with Crippen LogP contribution in [0.4, 0.5) is 0 Å². The van der Waals surface area contributed by atoms with Gasteiger partial charge in [-0.1, -0.05) is 6.07 Å². The molecule has 1 heterocycles. The third kappa shape index (κ3) is 2.50. The molecule has 1 aliphatic heterocycles. The molecule has 0 N–H and O–H groups in total. The van der Waals surface area contributed by atoms with Crippen molar-refractivity contribution < 1.29 is 14.2 Å². The molecule has 2 atom stereocenters. The van der Waals surface area contributed by atoms with E-state index in [0.29, 0.717) is 11.8 Å². The molecular formula is C13H17ClO3. The summed E-state index contributed by atoms with van der Waals surface area (Å²) in [5.41, 5.74) is 1.10. The van der Waals surface area contributed by atoms with Crippen LogP contribution in [-0.2, 0) is 4.74 Å². The molecule has 3 nitrogen and oxygen atoms in total. The molecule has 0 bridgehead atoms. The van der Waals surface area contributed by atoms with Crippen LogP contribution in [0.25, 0.3) is 0 Å². The Labute approximate surface area is 107 Å². The minimum Gasteiger partial charge on any atom is -0.493 e. The molecule has 94 valence electrons. The van der Waals surface area contributed by atoms with Crippen LogP contribution in [0.2, 0.25) is 0 Å². The number of rotatable bonds is 4.